The van der Waals surface area contributed by atoms with Gasteiger partial charge in [-0.1, -0.05) is 17.3 Å². The van der Waals surface area contributed by atoms with Crippen LogP contribution in [0.2, 0.25) is 0 Å². The molecule has 0 atom stereocenters. The predicted molar refractivity (Wildman–Crippen MR) is 130 cm³/mol. The van der Waals surface area contributed by atoms with E-state index in [1.807, 2.05) is 36.4 Å². The number of H-pyrrole nitrogens is 1. The van der Waals surface area contributed by atoms with Gasteiger partial charge in [-0.25, -0.2) is 14.8 Å². The topological polar surface area (TPSA) is 131 Å². The molecular formula is C25H21N7O3. The lowest BCUT2D eigenvalue weighted by atomic mass is 10.1. The van der Waals surface area contributed by atoms with Gasteiger partial charge in [-0.2, -0.15) is 0 Å². The van der Waals surface area contributed by atoms with E-state index in [0.717, 1.165) is 27.9 Å². The fourth-order valence-electron chi connectivity index (χ4n) is 3.66. The van der Waals surface area contributed by atoms with Crippen LogP contribution in [0.4, 0.5) is 16.4 Å². The molecule has 1 saturated carbocycles. The molecule has 1 aliphatic rings. The Hall–Kier alpha value is -4.73. The molecule has 6 rings (SSSR count). The number of fused-ring (bicyclic) bond motifs is 1. The number of pyridine rings is 1. The van der Waals surface area contributed by atoms with Crippen molar-refractivity contribution in [1.82, 2.24) is 25.1 Å². The summed E-state index contributed by atoms with van der Waals surface area (Å²) in [5.41, 5.74) is 4.56. The average Bonchev–Trinajstić information content (AvgIpc) is 3.42. The van der Waals surface area contributed by atoms with Gasteiger partial charge in [-0.15, -0.1) is 0 Å². The smallest absolute Gasteiger partial charge is 0.326 e. The van der Waals surface area contributed by atoms with E-state index in [1.54, 1.807) is 24.5 Å². The van der Waals surface area contributed by atoms with E-state index in [4.69, 9.17) is 9.26 Å². The Labute approximate surface area is 199 Å². The zero-order chi connectivity index (χ0) is 23.6. The van der Waals surface area contributed by atoms with Gasteiger partial charge >= 0.3 is 6.03 Å². The minimum Gasteiger partial charge on any atom is -0.477 e. The third-order valence-electron chi connectivity index (χ3n) is 5.70. The van der Waals surface area contributed by atoms with Gasteiger partial charge in [0, 0.05) is 35.4 Å². The summed E-state index contributed by atoms with van der Waals surface area (Å²) < 4.78 is 11.1. The lowest BCUT2D eigenvalue weighted by Gasteiger charge is -2.06. The molecule has 4 aromatic heterocycles. The minimum absolute atomic E-state index is 0.233. The number of benzene rings is 1. The molecule has 1 aliphatic carbocycles. The molecule has 2 amide bonds. The minimum atomic E-state index is -0.440. The van der Waals surface area contributed by atoms with Crippen molar-refractivity contribution in [1.29, 1.82) is 0 Å². The highest BCUT2D eigenvalue weighted by Crippen LogP contribution is 2.32. The number of aromatic nitrogens is 5. The van der Waals surface area contributed by atoms with Crippen molar-refractivity contribution in [2.75, 3.05) is 17.2 Å². The Morgan fingerprint density at radius 2 is 1.97 bits per heavy atom. The van der Waals surface area contributed by atoms with Crippen LogP contribution in [0.5, 0.6) is 5.88 Å². The molecule has 10 heteroatoms. The van der Waals surface area contributed by atoms with Crippen LogP contribution in [0.25, 0.3) is 33.5 Å². The van der Waals surface area contributed by atoms with Crippen molar-refractivity contribution in [3.8, 4) is 28.4 Å². The molecule has 0 spiro atoms. The van der Waals surface area contributed by atoms with Crippen LogP contribution in [0.1, 0.15) is 12.8 Å². The van der Waals surface area contributed by atoms with Crippen LogP contribution in [-0.4, -0.2) is 37.7 Å². The Morgan fingerprint density at radius 3 is 2.77 bits per heavy atom. The lowest BCUT2D eigenvalue weighted by Crippen LogP contribution is -2.18. The van der Waals surface area contributed by atoms with Crippen molar-refractivity contribution in [2.45, 2.75) is 12.8 Å². The number of rotatable bonds is 7. The van der Waals surface area contributed by atoms with Crippen LogP contribution in [0.3, 0.4) is 0 Å². The second kappa shape index (κ2) is 8.90. The Balaban J connectivity index is 1.11. The van der Waals surface area contributed by atoms with Gasteiger partial charge in [0.2, 0.25) is 11.8 Å². The molecular weight excluding hydrogens is 446 g/mol. The maximum Gasteiger partial charge on any atom is 0.326 e. The summed E-state index contributed by atoms with van der Waals surface area (Å²) in [7, 11) is 0. The average molecular weight is 467 g/mol. The van der Waals surface area contributed by atoms with Crippen molar-refractivity contribution >= 4 is 28.6 Å². The summed E-state index contributed by atoms with van der Waals surface area (Å²) in [6, 6.07) is 14.3. The highest BCUT2D eigenvalue weighted by molar-refractivity contribution is 5.99. The SMILES string of the molecule is O=C(Nc1ccc(-c2cc3c(OCC4CC4)ncnc3[nH]2)cc1)Nc1cc(-c2cccnc2)no1. The van der Waals surface area contributed by atoms with E-state index < -0.39 is 6.03 Å². The first-order chi connectivity index (χ1) is 17.2. The number of nitrogens with zero attached hydrogens (tertiary/aromatic N) is 4. The number of ether oxygens (including phenoxy) is 1. The van der Waals surface area contributed by atoms with Gasteiger partial charge < -0.3 is 19.6 Å². The van der Waals surface area contributed by atoms with Gasteiger partial charge in [0.15, 0.2) is 0 Å². The first-order valence-corrected chi connectivity index (χ1v) is 11.2. The van der Waals surface area contributed by atoms with Gasteiger partial charge in [-0.3, -0.25) is 10.3 Å². The first-order valence-electron chi connectivity index (χ1n) is 11.2. The number of anilines is 2. The number of hydrogen-bond donors (Lipinski definition) is 3. The number of aromatic amines is 1. The zero-order valence-electron chi connectivity index (χ0n) is 18.6. The van der Waals surface area contributed by atoms with Crippen LogP contribution in [0, 0.1) is 5.92 Å². The van der Waals surface area contributed by atoms with Gasteiger partial charge in [-0.05, 0) is 54.7 Å². The largest absolute Gasteiger partial charge is 0.477 e. The fourth-order valence-corrected chi connectivity index (χ4v) is 3.66. The fraction of sp³-hybridized carbons (Fsp3) is 0.160. The molecule has 1 fully saturated rings. The second-order valence-corrected chi connectivity index (χ2v) is 8.35. The molecule has 0 unspecified atom stereocenters. The van der Waals surface area contributed by atoms with Crippen LogP contribution >= 0.6 is 0 Å². The van der Waals surface area contributed by atoms with Gasteiger partial charge in [0.25, 0.3) is 0 Å². The third kappa shape index (κ3) is 4.67. The monoisotopic (exact) mass is 467 g/mol. The molecule has 174 valence electrons. The summed E-state index contributed by atoms with van der Waals surface area (Å²) in [4.78, 5) is 28.4. The zero-order valence-corrected chi connectivity index (χ0v) is 18.6. The van der Waals surface area contributed by atoms with E-state index >= 15 is 0 Å². The summed E-state index contributed by atoms with van der Waals surface area (Å²) in [5.74, 6) is 1.47. The number of carbonyl (C=O) groups is 1. The van der Waals surface area contributed by atoms with E-state index in [1.165, 1.54) is 19.2 Å². The van der Waals surface area contributed by atoms with Crippen molar-refractivity contribution in [3.05, 3.63) is 67.3 Å². The highest BCUT2D eigenvalue weighted by atomic mass is 16.5. The Bertz CT molecular complexity index is 1470. The normalized spacial score (nSPS) is 13.0. The Kier molecular flexibility index (Phi) is 5.30. The van der Waals surface area contributed by atoms with E-state index in [0.29, 0.717) is 29.8 Å². The molecule has 3 N–H and O–H groups in total. The summed E-state index contributed by atoms with van der Waals surface area (Å²) in [6.45, 7) is 0.688. The van der Waals surface area contributed by atoms with E-state index in [9.17, 15) is 4.79 Å². The second-order valence-electron chi connectivity index (χ2n) is 8.35. The van der Waals surface area contributed by atoms with Gasteiger partial charge in [0.05, 0.1) is 12.0 Å². The molecule has 5 aromatic rings. The van der Waals surface area contributed by atoms with Crippen molar-refractivity contribution in [3.63, 3.8) is 0 Å². The number of hydrogen-bond acceptors (Lipinski definition) is 7. The number of urea groups is 1. The highest BCUT2D eigenvalue weighted by Gasteiger charge is 2.23. The van der Waals surface area contributed by atoms with Crippen LogP contribution in [0.15, 0.2) is 71.8 Å². The third-order valence-corrected chi connectivity index (χ3v) is 5.70. The first kappa shape index (κ1) is 20.8. The summed E-state index contributed by atoms with van der Waals surface area (Å²) in [5, 5.41) is 10.2. The number of amides is 2. The van der Waals surface area contributed by atoms with E-state index in [2.05, 4.69) is 35.7 Å². The van der Waals surface area contributed by atoms with Crippen LogP contribution in [-0.2, 0) is 0 Å². The molecule has 35 heavy (non-hydrogen) atoms. The van der Waals surface area contributed by atoms with E-state index in [-0.39, 0.29) is 5.88 Å². The number of nitrogens with one attached hydrogen (secondary N) is 3. The molecule has 0 aliphatic heterocycles. The number of carbonyl (C=O) groups excluding carboxylic acids is 1. The molecule has 10 nitrogen and oxygen atoms in total. The quantitative estimate of drug-likeness (QED) is 0.303. The molecule has 1 aromatic carbocycles. The Morgan fingerprint density at radius 1 is 1.09 bits per heavy atom. The van der Waals surface area contributed by atoms with Crippen LogP contribution < -0.4 is 15.4 Å². The standard InChI is InChI=1S/C25H21N7O3/c33-25(31-22-11-21(32-35-22)17-2-1-9-26-12-17)29-18-7-5-16(6-8-18)20-10-19-23(30-20)27-14-28-24(19)34-13-15-3-4-15/h1-2,5-12,14-15H,3-4,13H2,(H,27,28,30)(H2,29,31,33). The van der Waals surface area contributed by atoms with Crippen molar-refractivity contribution in [2.24, 2.45) is 5.92 Å². The maximum atomic E-state index is 12.4. The summed E-state index contributed by atoms with van der Waals surface area (Å²) >= 11 is 0. The summed E-state index contributed by atoms with van der Waals surface area (Å²) in [6.07, 6.45) is 7.29. The molecule has 0 radical (unpaired) electrons. The van der Waals surface area contributed by atoms with Gasteiger partial charge in [0.1, 0.15) is 17.7 Å². The predicted octanol–water partition coefficient (Wildman–Crippen LogP) is 5.11. The molecule has 0 bridgehead atoms. The maximum absolute atomic E-state index is 12.4. The van der Waals surface area contributed by atoms with Crippen molar-refractivity contribution < 1.29 is 14.1 Å². The lowest BCUT2D eigenvalue weighted by molar-refractivity contribution is 0.261. The molecule has 0 saturated heterocycles. The molecule has 4 heterocycles.